The predicted octanol–water partition coefficient (Wildman–Crippen LogP) is 5.65. The number of fused-ring (bicyclic) bond motifs is 4. The summed E-state index contributed by atoms with van der Waals surface area (Å²) in [5, 5.41) is 2.63. The first-order valence-electron chi connectivity index (χ1n) is 12.4. The summed E-state index contributed by atoms with van der Waals surface area (Å²) in [6.07, 6.45) is 0. The Labute approximate surface area is 229 Å². The van der Waals surface area contributed by atoms with Crippen molar-refractivity contribution in [3.63, 3.8) is 0 Å². The number of rotatable bonds is 7. The second-order valence-corrected chi connectivity index (χ2v) is 9.14. The Morgan fingerprint density at radius 1 is 0.775 bits per heavy atom. The van der Waals surface area contributed by atoms with Gasteiger partial charge < -0.3 is 28.3 Å². The van der Waals surface area contributed by atoms with Crippen molar-refractivity contribution in [1.29, 1.82) is 0 Å². The van der Waals surface area contributed by atoms with E-state index in [1.54, 1.807) is 32.4 Å². The van der Waals surface area contributed by atoms with Gasteiger partial charge in [-0.05, 0) is 41.3 Å². The van der Waals surface area contributed by atoms with Gasteiger partial charge >= 0.3 is 17.9 Å². The van der Waals surface area contributed by atoms with E-state index >= 15 is 0 Å². The highest BCUT2D eigenvalue weighted by atomic mass is 16.5. The van der Waals surface area contributed by atoms with E-state index in [4.69, 9.17) is 23.7 Å². The van der Waals surface area contributed by atoms with Crippen molar-refractivity contribution >= 4 is 50.5 Å². The number of hydrogen-bond donors (Lipinski definition) is 0. The van der Waals surface area contributed by atoms with Crippen LogP contribution in [0.4, 0.5) is 0 Å². The molecule has 0 spiro atoms. The molecule has 1 heterocycles. The van der Waals surface area contributed by atoms with Gasteiger partial charge in [-0.15, -0.1) is 0 Å². The topological polar surface area (TPSA) is 102 Å². The summed E-state index contributed by atoms with van der Waals surface area (Å²) in [5.74, 6) is -0.130. The van der Waals surface area contributed by atoms with E-state index in [1.807, 2.05) is 47.0 Å². The third-order valence-corrected chi connectivity index (χ3v) is 6.59. The van der Waals surface area contributed by atoms with Crippen molar-refractivity contribution in [2.24, 2.45) is 0 Å². The molecule has 204 valence electrons. The summed E-state index contributed by atoms with van der Waals surface area (Å²) >= 11 is 0. The van der Waals surface area contributed by atoms with Gasteiger partial charge in [0, 0.05) is 42.6 Å². The molecule has 0 bridgehead atoms. The minimum Gasteiger partial charge on any atom is -0.497 e. The van der Waals surface area contributed by atoms with Crippen molar-refractivity contribution in [1.82, 2.24) is 4.57 Å². The molecule has 0 fully saturated rings. The van der Waals surface area contributed by atoms with E-state index in [1.165, 1.54) is 21.0 Å². The first-order valence-corrected chi connectivity index (χ1v) is 12.4. The number of aromatic nitrogens is 1. The largest absolute Gasteiger partial charge is 0.497 e. The molecule has 40 heavy (non-hydrogen) atoms. The maximum atomic E-state index is 13.2. The van der Waals surface area contributed by atoms with Crippen molar-refractivity contribution < 1.29 is 38.1 Å². The molecule has 0 unspecified atom stereocenters. The number of nitrogens with zero attached hydrogens (tertiary/aromatic N) is 1. The minimum atomic E-state index is -0.675. The van der Waals surface area contributed by atoms with Crippen LogP contribution in [-0.4, -0.2) is 43.8 Å². The maximum Gasteiger partial charge on any atom is 0.342 e. The fourth-order valence-electron chi connectivity index (χ4n) is 5.05. The quantitative estimate of drug-likeness (QED) is 0.192. The first kappa shape index (κ1) is 26.6. The Kier molecular flexibility index (Phi) is 7.04. The molecule has 9 nitrogen and oxygen atoms in total. The molecule has 9 heteroatoms. The van der Waals surface area contributed by atoms with Crippen LogP contribution in [0.3, 0.4) is 0 Å². The second-order valence-electron chi connectivity index (χ2n) is 9.14. The van der Waals surface area contributed by atoms with Crippen molar-refractivity contribution in [2.45, 2.75) is 20.4 Å². The zero-order valence-electron chi connectivity index (χ0n) is 22.7. The fourth-order valence-corrected chi connectivity index (χ4v) is 5.05. The molecule has 0 aliphatic rings. The number of ether oxygens (including phenoxy) is 5. The van der Waals surface area contributed by atoms with Gasteiger partial charge in [0.1, 0.15) is 22.8 Å². The number of carbonyl (C=O) groups excluding carboxylic acids is 3. The molecule has 5 aromatic rings. The molecule has 4 aromatic carbocycles. The molecule has 0 N–H and O–H groups in total. The fraction of sp³-hybridized carbons (Fsp3) is 0.194. The molecular formula is C31H27NO8. The summed E-state index contributed by atoms with van der Waals surface area (Å²) in [6, 6.07) is 18.3. The lowest BCUT2D eigenvalue weighted by atomic mass is 10.0. The Hall–Kier alpha value is -5.05. The minimum absolute atomic E-state index is 0.0659. The summed E-state index contributed by atoms with van der Waals surface area (Å²) in [6.45, 7) is 2.90. The Morgan fingerprint density at radius 3 is 2.08 bits per heavy atom. The molecule has 0 aliphatic carbocycles. The molecule has 1 aromatic heterocycles. The summed E-state index contributed by atoms with van der Waals surface area (Å²) < 4.78 is 29.3. The zero-order valence-corrected chi connectivity index (χ0v) is 22.7. The van der Waals surface area contributed by atoms with Gasteiger partial charge in [0.15, 0.2) is 5.75 Å². The second kappa shape index (κ2) is 10.6. The summed E-state index contributed by atoms with van der Waals surface area (Å²) in [4.78, 5) is 37.5. The van der Waals surface area contributed by atoms with E-state index in [-0.39, 0.29) is 11.3 Å². The van der Waals surface area contributed by atoms with Crippen LogP contribution in [0, 0.1) is 0 Å². The Bertz CT molecular complexity index is 1800. The first-order chi connectivity index (χ1) is 19.2. The summed E-state index contributed by atoms with van der Waals surface area (Å²) in [7, 11) is 4.41. The standard InChI is InChI=1S/C31H27NO8/c1-17(33)39-26-11-10-25-27(28(26)31(35)38-5)24-14-20-8-6-7-9-23(20)30(40-18(2)34)29(24)32(25)16-19-12-21(36-3)15-22(13-19)37-4/h6-15H,16H2,1-5H3. The number of carbonyl (C=O) groups is 3. The number of hydrogen-bond acceptors (Lipinski definition) is 8. The van der Waals surface area contributed by atoms with Gasteiger partial charge in [0.05, 0.1) is 32.4 Å². The van der Waals surface area contributed by atoms with Gasteiger partial charge in [0.2, 0.25) is 0 Å². The lowest BCUT2D eigenvalue weighted by Gasteiger charge is -2.14. The SMILES string of the molecule is COC(=O)c1c(OC(C)=O)ccc2c1c1cc3ccccc3c(OC(C)=O)c1n2Cc1cc(OC)cc(OC)c1. The van der Waals surface area contributed by atoms with Crippen LogP contribution in [0.2, 0.25) is 0 Å². The lowest BCUT2D eigenvalue weighted by molar-refractivity contribution is -0.132. The average Bonchev–Trinajstić information content (AvgIpc) is 3.24. The lowest BCUT2D eigenvalue weighted by Crippen LogP contribution is -2.10. The highest BCUT2D eigenvalue weighted by molar-refractivity contribution is 6.23. The van der Waals surface area contributed by atoms with Crippen molar-refractivity contribution in [3.8, 4) is 23.0 Å². The Balaban J connectivity index is 1.96. The molecule has 5 rings (SSSR count). The predicted molar refractivity (Wildman–Crippen MR) is 150 cm³/mol. The van der Waals surface area contributed by atoms with Gasteiger partial charge in [-0.3, -0.25) is 9.59 Å². The van der Waals surface area contributed by atoms with Crippen LogP contribution >= 0.6 is 0 Å². The zero-order chi connectivity index (χ0) is 28.6. The highest BCUT2D eigenvalue weighted by Crippen LogP contribution is 2.44. The van der Waals surface area contributed by atoms with Crippen LogP contribution in [0.5, 0.6) is 23.0 Å². The number of benzene rings is 4. The van der Waals surface area contributed by atoms with Crippen LogP contribution in [0.15, 0.2) is 60.7 Å². The van der Waals surface area contributed by atoms with Gasteiger partial charge in [-0.2, -0.15) is 0 Å². The molecule has 0 amide bonds. The van der Waals surface area contributed by atoms with Crippen molar-refractivity contribution in [3.05, 3.63) is 71.8 Å². The Morgan fingerprint density at radius 2 is 1.45 bits per heavy atom. The monoisotopic (exact) mass is 541 g/mol. The van der Waals surface area contributed by atoms with Crippen LogP contribution < -0.4 is 18.9 Å². The third-order valence-electron chi connectivity index (χ3n) is 6.59. The van der Waals surface area contributed by atoms with Crippen LogP contribution in [-0.2, 0) is 20.9 Å². The van der Waals surface area contributed by atoms with E-state index < -0.39 is 17.9 Å². The van der Waals surface area contributed by atoms with E-state index in [2.05, 4.69) is 0 Å². The van der Waals surface area contributed by atoms with Crippen molar-refractivity contribution in [2.75, 3.05) is 21.3 Å². The molecular weight excluding hydrogens is 514 g/mol. The van der Waals surface area contributed by atoms with Crippen LogP contribution in [0.1, 0.15) is 29.8 Å². The molecule has 0 atom stereocenters. The normalized spacial score (nSPS) is 11.0. The van der Waals surface area contributed by atoms with E-state index in [0.29, 0.717) is 45.6 Å². The molecule has 0 aliphatic heterocycles. The van der Waals surface area contributed by atoms with Crippen LogP contribution in [0.25, 0.3) is 32.6 Å². The van der Waals surface area contributed by atoms with Gasteiger partial charge in [-0.1, -0.05) is 24.3 Å². The summed E-state index contributed by atoms with van der Waals surface area (Å²) in [5.41, 5.74) is 2.14. The number of methoxy groups -OCH3 is 3. The molecule has 0 saturated carbocycles. The highest BCUT2D eigenvalue weighted by Gasteiger charge is 2.27. The molecule has 0 saturated heterocycles. The molecule has 0 radical (unpaired) electrons. The third kappa shape index (κ3) is 4.66. The van der Waals surface area contributed by atoms with E-state index in [9.17, 15) is 14.4 Å². The van der Waals surface area contributed by atoms with E-state index in [0.717, 1.165) is 16.3 Å². The van der Waals surface area contributed by atoms with Gasteiger partial charge in [-0.25, -0.2) is 4.79 Å². The smallest absolute Gasteiger partial charge is 0.342 e. The average molecular weight is 542 g/mol. The van der Waals surface area contributed by atoms with Gasteiger partial charge in [0.25, 0.3) is 0 Å². The number of esters is 3. The maximum absolute atomic E-state index is 13.2.